The van der Waals surface area contributed by atoms with Crippen molar-refractivity contribution in [2.75, 3.05) is 33.0 Å². The van der Waals surface area contributed by atoms with E-state index >= 15 is 0 Å². The third-order valence-corrected chi connectivity index (χ3v) is 3.70. The Labute approximate surface area is 113 Å². The first-order valence-corrected chi connectivity index (χ1v) is 6.84. The molecular formula is C15H20O4. The molecule has 1 saturated carbocycles. The molecule has 1 aliphatic carbocycles. The van der Waals surface area contributed by atoms with Gasteiger partial charge in [0, 0.05) is 0 Å². The summed E-state index contributed by atoms with van der Waals surface area (Å²) in [7, 11) is 0. The fourth-order valence-corrected chi connectivity index (χ4v) is 1.98. The molecule has 1 heterocycles. The maximum absolute atomic E-state index is 9.31. The lowest BCUT2D eigenvalue weighted by atomic mass is 9.88. The van der Waals surface area contributed by atoms with Gasteiger partial charge in [0.2, 0.25) is 0 Å². The topological polar surface area (TPSA) is 47.9 Å². The molecule has 0 atom stereocenters. The summed E-state index contributed by atoms with van der Waals surface area (Å²) < 4.78 is 16.5. The first kappa shape index (κ1) is 12.8. The predicted molar refractivity (Wildman–Crippen MR) is 70.5 cm³/mol. The van der Waals surface area contributed by atoms with E-state index in [1.807, 2.05) is 24.3 Å². The zero-order valence-corrected chi connectivity index (χ0v) is 11.0. The number of aliphatic hydroxyl groups is 1. The van der Waals surface area contributed by atoms with Crippen LogP contribution in [0.1, 0.15) is 12.8 Å². The molecule has 1 aliphatic heterocycles. The molecule has 1 aromatic carbocycles. The molecule has 3 rings (SSSR count). The van der Waals surface area contributed by atoms with Crippen molar-refractivity contribution in [2.45, 2.75) is 12.8 Å². The van der Waals surface area contributed by atoms with E-state index in [4.69, 9.17) is 14.2 Å². The normalized spacial score (nSPS) is 20.7. The standard InChI is InChI=1S/C15H20O4/c16-8-15(9-17-10-15)11-19-14-5-3-13(4-6-14)18-7-12-1-2-12/h3-6,12,16H,1-2,7-11H2. The summed E-state index contributed by atoms with van der Waals surface area (Å²) in [5.41, 5.74) is -0.207. The zero-order chi connectivity index (χ0) is 13.1. The maximum atomic E-state index is 9.31. The molecule has 0 spiro atoms. The Morgan fingerprint density at radius 3 is 2.21 bits per heavy atom. The van der Waals surface area contributed by atoms with Gasteiger partial charge in [-0.2, -0.15) is 0 Å². The molecule has 19 heavy (non-hydrogen) atoms. The molecule has 0 unspecified atom stereocenters. The quantitative estimate of drug-likeness (QED) is 0.816. The van der Waals surface area contributed by atoms with Gasteiger partial charge in [-0.1, -0.05) is 0 Å². The second-order valence-electron chi connectivity index (χ2n) is 5.67. The van der Waals surface area contributed by atoms with E-state index in [2.05, 4.69) is 0 Å². The summed E-state index contributed by atoms with van der Waals surface area (Å²) in [4.78, 5) is 0. The Balaban J connectivity index is 1.47. The van der Waals surface area contributed by atoms with Crippen molar-refractivity contribution in [1.29, 1.82) is 0 Å². The van der Waals surface area contributed by atoms with E-state index in [0.29, 0.717) is 19.8 Å². The lowest BCUT2D eigenvalue weighted by Gasteiger charge is -2.39. The molecule has 4 heteroatoms. The largest absolute Gasteiger partial charge is 0.493 e. The summed E-state index contributed by atoms with van der Waals surface area (Å²) in [5.74, 6) is 2.46. The van der Waals surface area contributed by atoms with Gasteiger partial charge < -0.3 is 19.3 Å². The Hall–Kier alpha value is -1.26. The fourth-order valence-electron chi connectivity index (χ4n) is 1.98. The van der Waals surface area contributed by atoms with Crippen molar-refractivity contribution < 1.29 is 19.3 Å². The van der Waals surface area contributed by atoms with Gasteiger partial charge in [-0.3, -0.25) is 0 Å². The Morgan fingerprint density at radius 2 is 1.74 bits per heavy atom. The zero-order valence-electron chi connectivity index (χ0n) is 11.0. The van der Waals surface area contributed by atoms with Gasteiger partial charge in [-0.05, 0) is 43.0 Å². The third-order valence-electron chi connectivity index (χ3n) is 3.70. The van der Waals surface area contributed by atoms with Crippen molar-refractivity contribution in [3.05, 3.63) is 24.3 Å². The highest BCUT2D eigenvalue weighted by Gasteiger charge is 2.39. The number of aliphatic hydroxyl groups excluding tert-OH is 1. The summed E-state index contributed by atoms with van der Waals surface area (Å²) in [5, 5.41) is 9.31. The average molecular weight is 264 g/mol. The van der Waals surface area contributed by atoms with Crippen LogP contribution >= 0.6 is 0 Å². The van der Waals surface area contributed by atoms with Crippen molar-refractivity contribution in [2.24, 2.45) is 11.3 Å². The highest BCUT2D eigenvalue weighted by molar-refractivity contribution is 5.31. The van der Waals surface area contributed by atoms with Crippen molar-refractivity contribution >= 4 is 0 Å². The van der Waals surface area contributed by atoms with Gasteiger partial charge in [0.25, 0.3) is 0 Å². The Bertz CT molecular complexity index is 401. The molecule has 2 fully saturated rings. The van der Waals surface area contributed by atoms with E-state index in [0.717, 1.165) is 24.0 Å². The van der Waals surface area contributed by atoms with Crippen LogP contribution in [0.2, 0.25) is 0 Å². The third kappa shape index (κ3) is 3.19. The monoisotopic (exact) mass is 264 g/mol. The van der Waals surface area contributed by atoms with Crippen molar-refractivity contribution in [3.63, 3.8) is 0 Å². The van der Waals surface area contributed by atoms with E-state index in [-0.39, 0.29) is 12.0 Å². The minimum Gasteiger partial charge on any atom is -0.493 e. The number of ether oxygens (including phenoxy) is 3. The van der Waals surface area contributed by atoms with Gasteiger partial charge >= 0.3 is 0 Å². The van der Waals surface area contributed by atoms with Crippen molar-refractivity contribution in [3.8, 4) is 11.5 Å². The van der Waals surface area contributed by atoms with Gasteiger partial charge in [0.1, 0.15) is 18.1 Å². The first-order valence-electron chi connectivity index (χ1n) is 6.84. The number of hydrogen-bond acceptors (Lipinski definition) is 4. The molecule has 0 radical (unpaired) electrons. The second kappa shape index (κ2) is 5.39. The molecule has 4 nitrogen and oxygen atoms in total. The van der Waals surface area contributed by atoms with Gasteiger partial charge in [0.15, 0.2) is 0 Å². The highest BCUT2D eigenvalue weighted by Crippen LogP contribution is 2.30. The lowest BCUT2D eigenvalue weighted by Crippen LogP contribution is -2.49. The van der Waals surface area contributed by atoms with Gasteiger partial charge in [0.05, 0.1) is 31.8 Å². The summed E-state index contributed by atoms with van der Waals surface area (Å²) in [6, 6.07) is 7.68. The van der Waals surface area contributed by atoms with Crippen LogP contribution in [0.3, 0.4) is 0 Å². The lowest BCUT2D eigenvalue weighted by molar-refractivity contribution is -0.153. The fraction of sp³-hybridized carbons (Fsp3) is 0.600. The number of rotatable bonds is 7. The first-order chi connectivity index (χ1) is 9.30. The highest BCUT2D eigenvalue weighted by atomic mass is 16.5. The molecular weight excluding hydrogens is 244 g/mol. The summed E-state index contributed by atoms with van der Waals surface area (Å²) in [6.45, 7) is 2.57. The smallest absolute Gasteiger partial charge is 0.119 e. The molecule has 2 aliphatic rings. The molecule has 0 bridgehead atoms. The number of hydrogen-bond donors (Lipinski definition) is 1. The minimum absolute atomic E-state index is 0.107. The van der Waals surface area contributed by atoms with E-state index in [1.165, 1.54) is 12.8 Å². The molecule has 0 amide bonds. The summed E-state index contributed by atoms with van der Waals surface area (Å²) >= 11 is 0. The van der Waals surface area contributed by atoms with Crippen LogP contribution in [0.15, 0.2) is 24.3 Å². The average Bonchev–Trinajstić information content (AvgIpc) is 3.21. The van der Waals surface area contributed by atoms with Crippen LogP contribution in [-0.4, -0.2) is 38.1 Å². The molecule has 1 saturated heterocycles. The van der Waals surface area contributed by atoms with Gasteiger partial charge in [-0.25, -0.2) is 0 Å². The SMILES string of the molecule is OCC1(COc2ccc(OCC3CC3)cc2)COC1. The molecule has 1 N–H and O–H groups in total. The van der Waals surface area contributed by atoms with Crippen molar-refractivity contribution in [1.82, 2.24) is 0 Å². The number of benzene rings is 1. The maximum Gasteiger partial charge on any atom is 0.119 e. The van der Waals surface area contributed by atoms with Gasteiger partial charge in [-0.15, -0.1) is 0 Å². The summed E-state index contributed by atoms with van der Waals surface area (Å²) in [6.07, 6.45) is 2.60. The molecule has 0 aromatic heterocycles. The second-order valence-corrected chi connectivity index (χ2v) is 5.67. The van der Waals surface area contributed by atoms with Crippen LogP contribution in [-0.2, 0) is 4.74 Å². The minimum atomic E-state index is -0.207. The Kier molecular flexibility index (Phi) is 3.62. The van der Waals surface area contributed by atoms with E-state index in [9.17, 15) is 5.11 Å². The van der Waals surface area contributed by atoms with Crippen LogP contribution in [0.4, 0.5) is 0 Å². The van der Waals surface area contributed by atoms with E-state index < -0.39 is 0 Å². The molecule has 1 aromatic rings. The van der Waals surface area contributed by atoms with Crippen LogP contribution in [0.25, 0.3) is 0 Å². The molecule has 104 valence electrons. The van der Waals surface area contributed by atoms with Crippen LogP contribution in [0.5, 0.6) is 11.5 Å². The van der Waals surface area contributed by atoms with Crippen LogP contribution in [0, 0.1) is 11.3 Å². The van der Waals surface area contributed by atoms with Crippen LogP contribution < -0.4 is 9.47 Å². The Morgan fingerprint density at radius 1 is 1.11 bits per heavy atom. The van der Waals surface area contributed by atoms with E-state index in [1.54, 1.807) is 0 Å². The predicted octanol–water partition coefficient (Wildman–Crippen LogP) is 1.86.